The molecule has 1 aromatic carbocycles. The molecule has 1 rings (SSSR count). The lowest BCUT2D eigenvalue weighted by atomic mass is 10.2. The molecule has 0 aliphatic rings. The Bertz CT molecular complexity index is 431. The summed E-state index contributed by atoms with van der Waals surface area (Å²) in [5.74, 6) is -0.663. The number of hydrogen-bond donors (Lipinski definition) is 0. The number of carbonyl (C=O) groups is 1. The zero-order chi connectivity index (χ0) is 12.3. The first-order valence-corrected chi connectivity index (χ1v) is 4.95. The maximum absolute atomic E-state index is 11.5. The van der Waals surface area contributed by atoms with Crippen LogP contribution in [0.5, 0.6) is 0 Å². The summed E-state index contributed by atoms with van der Waals surface area (Å²) in [6.07, 6.45) is -0.303. The summed E-state index contributed by atoms with van der Waals surface area (Å²) in [5, 5.41) is 10.4. The third kappa shape index (κ3) is 2.70. The van der Waals surface area contributed by atoms with Gasteiger partial charge in [0.25, 0.3) is 5.69 Å². The van der Waals surface area contributed by atoms with Crippen molar-refractivity contribution in [3.63, 3.8) is 0 Å². The van der Waals surface area contributed by atoms with Crippen LogP contribution in [-0.2, 0) is 4.74 Å². The fourth-order valence-corrected chi connectivity index (χ4v) is 1.37. The normalized spacial score (nSPS) is 10.2. The zero-order valence-electron chi connectivity index (χ0n) is 8.77. The number of nitro benzene ring substituents is 1. The molecule has 0 amide bonds. The van der Waals surface area contributed by atoms with Gasteiger partial charge in [-0.05, 0) is 19.9 Å². The monoisotopic (exact) mass is 243 g/mol. The molecule has 16 heavy (non-hydrogen) atoms. The summed E-state index contributed by atoms with van der Waals surface area (Å²) in [6.45, 7) is 3.37. The molecular weight excluding hydrogens is 234 g/mol. The molecule has 0 radical (unpaired) electrons. The van der Waals surface area contributed by atoms with Gasteiger partial charge < -0.3 is 4.74 Å². The molecule has 0 unspecified atom stereocenters. The second-order valence-electron chi connectivity index (χ2n) is 3.35. The quantitative estimate of drug-likeness (QED) is 0.465. The predicted molar refractivity (Wildman–Crippen MR) is 58.7 cm³/mol. The Kier molecular flexibility index (Phi) is 3.84. The van der Waals surface area contributed by atoms with Crippen LogP contribution in [0.4, 0.5) is 5.69 Å². The lowest BCUT2D eigenvalue weighted by Gasteiger charge is -2.08. The molecule has 0 aliphatic carbocycles. The van der Waals surface area contributed by atoms with Gasteiger partial charge in [-0.1, -0.05) is 17.7 Å². The van der Waals surface area contributed by atoms with Crippen molar-refractivity contribution >= 4 is 23.3 Å². The summed E-state index contributed by atoms with van der Waals surface area (Å²) in [6, 6.07) is 4.01. The third-order valence-corrected chi connectivity index (χ3v) is 2.13. The molecule has 0 aromatic heterocycles. The maximum Gasteiger partial charge on any atom is 0.340 e. The number of nitrogens with zero attached hydrogens (tertiary/aromatic N) is 1. The molecule has 0 N–H and O–H groups in total. The van der Waals surface area contributed by atoms with Crippen LogP contribution in [0.15, 0.2) is 18.2 Å². The number of halogens is 1. The first kappa shape index (κ1) is 12.4. The second kappa shape index (κ2) is 4.94. The molecule has 1 aromatic rings. The molecule has 0 saturated heterocycles. The molecule has 0 heterocycles. The van der Waals surface area contributed by atoms with Gasteiger partial charge >= 0.3 is 5.97 Å². The summed E-state index contributed by atoms with van der Waals surface area (Å²) >= 11 is 5.74. The van der Waals surface area contributed by atoms with E-state index in [-0.39, 0.29) is 22.4 Å². The van der Waals surface area contributed by atoms with E-state index in [0.29, 0.717) is 0 Å². The molecule has 86 valence electrons. The van der Waals surface area contributed by atoms with Gasteiger partial charge in [0.1, 0.15) is 5.02 Å². The number of nitro groups is 1. The minimum atomic E-state index is -0.663. The van der Waals surface area contributed by atoms with Crippen LogP contribution in [0, 0.1) is 10.1 Å². The third-order valence-electron chi connectivity index (χ3n) is 1.74. The van der Waals surface area contributed by atoms with Gasteiger partial charge in [-0.3, -0.25) is 10.1 Å². The molecule has 0 spiro atoms. The van der Waals surface area contributed by atoms with Crippen molar-refractivity contribution in [3.8, 4) is 0 Å². The lowest BCUT2D eigenvalue weighted by Crippen LogP contribution is -2.12. The SMILES string of the molecule is CC(C)OC(=O)c1cccc([N+](=O)[O-])c1Cl. The summed E-state index contributed by atoms with van der Waals surface area (Å²) in [5.41, 5.74) is -0.301. The first-order chi connectivity index (χ1) is 7.43. The number of esters is 1. The van der Waals surface area contributed by atoms with Crippen molar-refractivity contribution in [1.82, 2.24) is 0 Å². The van der Waals surface area contributed by atoms with Gasteiger partial charge in [0.2, 0.25) is 0 Å². The van der Waals surface area contributed by atoms with Crippen LogP contribution in [-0.4, -0.2) is 17.0 Å². The van der Waals surface area contributed by atoms with Crippen LogP contribution >= 0.6 is 11.6 Å². The van der Waals surface area contributed by atoms with Gasteiger partial charge in [0.05, 0.1) is 16.6 Å². The molecular formula is C10H10ClNO4. The van der Waals surface area contributed by atoms with E-state index in [1.165, 1.54) is 18.2 Å². The van der Waals surface area contributed by atoms with E-state index in [9.17, 15) is 14.9 Å². The van der Waals surface area contributed by atoms with Crippen LogP contribution in [0.1, 0.15) is 24.2 Å². The van der Waals surface area contributed by atoms with Crippen molar-refractivity contribution in [1.29, 1.82) is 0 Å². The number of hydrogen-bond acceptors (Lipinski definition) is 4. The number of carbonyl (C=O) groups excluding carboxylic acids is 1. The van der Waals surface area contributed by atoms with Crippen molar-refractivity contribution < 1.29 is 14.5 Å². The Hall–Kier alpha value is -1.62. The van der Waals surface area contributed by atoms with Gasteiger partial charge in [0, 0.05) is 6.07 Å². The molecule has 0 atom stereocenters. The number of rotatable bonds is 3. The molecule has 5 nitrogen and oxygen atoms in total. The van der Waals surface area contributed by atoms with Crippen molar-refractivity contribution in [3.05, 3.63) is 38.9 Å². The predicted octanol–water partition coefficient (Wildman–Crippen LogP) is 2.81. The maximum atomic E-state index is 11.5. The molecule has 0 aliphatic heterocycles. The Balaban J connectivity index is 3.10. The lowest BCUT2D eigenvalue weighted by molar-refractivity contribution is -0.384. The van der Waals surface area contributed by atoms with E-state index in [0.717, 1.165) is 0 Å². The minimum Gasteiger partial charge on any atom is -0.459 e. The van der Waals surface area contributed by atoms with Gasteiger partial charge in [-0.15, -0.1) is 0 Å². The second-order valence-corrected chi connectivity index (χ2v) is 3.73. The molecule has 0 saturated carbocycles. The standard InChI is InChI=1S/C10H10ClNO4/c1-6(2)16-10(13)7-4-3-5-8(9(7)11)12(14)15/h3-6H,1-2H3. The van der Waals surface area contributed by atoms with Crippen molar-refractivity contribution in [2.75, 3.05) is 0 Å². The van der Waals surface area contributed by atoms with E-state index >= 15 is 0 Å². The summed E-state index contributed by atoms with van der Waals surface area (Å²) in [4.78, 5) is 21.5. The topological polar surface area (TPSA) is 69.4 Å². The minimum absolute atomic E-state index is 0.00423. The van der Waals surface area contributed by atoms with E-state index in [2.05, 4.69) is 0 Å². The summed E-state index contributed by atoms with van der Waals surface area (Å²) in [7, 11) is 0. The Morgan fingerprint density at radius 3 is 2.62 bits per heavy atom. The molecule has 0 fully saturated rings. The zero-order valence-corrected chi connectivity index (χ0v) is 9.52. The van der Waals surface area contributed by atoms with Crippen LogP contribution in [0.25, 0.3) is 0 Å². The Labute approximate surface area is 97.1 Å². The Morgan fingerprint density at radius 2 is 2.12 bits per heavy atom. The smallest absolute Gasteiger partial charge is 0.340 e. The van der Waals surface area contributed by atoms with Crippen LogP contribution in [0.2, 0.25) is 5.02 Å². The van der Waals surface area contributed by atoms with Crippen molar-refractivity contribution in [2.24, 2.45) is 0 Å². The fraction of sp³-hybridized carbons (Fsp3) is 0.300. The summed E-state index contributed by atoms with van der Waals surface area (Å²) < 4.78 is 4.91. The molecule has 0 bridgehead atoms. The van der Waals surface area contributed by atoms with Gasteiger partial charge in [-0.2, -0.15) is 0 Å². The van der Waals surface area contributed by atoms with E-state index in [4.69, 9.17) is 16.3 Å². The first-order valence-electron chi connectivity index (χ1n) is 4.57. The average Bonchev–Trinajstić information content (AvgIpc) is 2.16. The largest absolute Gasteiger partial charge is 0.459 e. The highest BCUT2D eigenvalue weighted by molar-refractivity contribution is 6.35. The highest BCUT2D eigenvalue weighted by Gasteiger charge is 2.21. The number of ether oxygens (including phenoxy) is 1. The van der Waals surface area contributed by atoms with E-state index < -0.39 is 10.9 Å². The average molecular weight is 244 g/mol. The van der Waals surface area contributed by atoms with Gasteiger partial charge in [0.15, 0.2) is 0 Å². The van der Waals surface area contributed by atoms with Crippen LogP contribution < -0.4 is 0 Å². The van der Waals surface area contributed by atoms with Crippen molar-refractivity contribution in [2.45, 2.75) is 20.0 Å². The van der Waals surface area contributed by atoms with E-state index in [1.54, 1.807) is 13.8 Å². The van der Waals surface area contributed by atoms with Gasteiger partial charge in [-0.25, -0.2) is 4.79 Å². The Morgan fingerprint density at radius 1 is 1.50 bits per heavy atom. The fourth-order valence-electron chi connectivity index (χ4n) is 1.10. The van der Waals surface area contributed by atoms with Crippen LogP contribution in [0.3, 0.4) is 0 Å². The number of benzene rings is 1. The molecule has 6 heteroatoms. The van der Waals surface area contributed by atoms with E-state index in [1.807, 2.05) is 0 Å². The highest BCUT2D eigenvalue weighted by Crippen LogP contribution is 2.28. The highest BCUT2D eigenvalue weighted by atomic mass is 35.5.